The predicted octanol–water partition coefficient (Wildman–Crippen LogP) is 17.5. The van der Waals surface area contributed by atoms with Crippen LogP contribution in [0.4, 0.5) is 0 Å². The van der Waals surface area contributed by atoms with Gasteiger partial charge in [0.15, 0.2) is 0 Å². The normalized spacial score (nSPS) is 12.4. The lowest BCUT2D eigenvalue weighted by Gasteiger charge is -2.21. The molecule has 1 aliphatic carbocycles. The summed E-state index contributed by atoms with van der Waals surface area (Å²) >= 11 is 0. The quantitative estimate of drug-likeness (QED) is 0.152. The Bertz CT molecular complexity index is 3860. The fraction of sp³-hybridized carbons (Fsp3) is 0.0758. The largest absolute Gasteiger partial charge is 0.307 e. The zero-order chi connectivity index (χ0) is 45.6. The molecule has 0 spiro atoms. The molecule has 2 nitrogen and oxygen atoms in total. The Morgan fingerprint density at radius 1 is 0.338 bits per heavy atom. The van der Waals surface area contributed by atoms with Crippen LogP contribution in [0.15, 0.2) is 212 Å². The Morgan fingerprint density at radius 2 is 0.779 bits per heavy atom. The number of hydrogen-bond donors (Lipinski definition) is 0. The van der Waals surface area contributed by atoms with Gasteiger partial charge in [0.2, 0.25) is 0 Å². The second-order valence-electron chi connectivity index (χ2n) is 19.1. The number of fused-ring (bicyclic) bond motifs is 8. The molecule has 13 rings (SSSR count). The van der Waals surface area contributed by atoms with Crippen molar-refractivity contribution in [2.24, 2.45) is 0 Å². The van der Waals surface area contributed by atoms with Crippen molar-refractivity contribution in [2.45, 2.75) is 33.6 Å². The van der Waals surface area contributed by atoms with E-state index in [1.54, 1.807) is 0 Å². The van der Waals surface area contributed by atoms with Crippen molar-refractivity contribution in [1.29, 1.82) is 0 Å². The van der Waals surface area contributed by atoms with E-state index in [0.29, 0.717) is 0 Å². The van der Waals surface area contributed by atoms with E-state index in [0.717, 1.165) is 33.2 Å². The van der Waals surface area contributed by atoms with Crippen LogP contribution in [0, 0.1) is 27.7 Å². The highest BCUT2D eigenvalue weighted by Gasteiger charge is 2.32. The third-order valence-corrected chi connectivity index (χ3v) is 14.5. The molecular weight excluding hydrogens is 821 g/mol. The molecule has 0 N–H and O–H groups in total. The molecule has 0 aliphatic heterocycles. The van der Waals surface area contributed by atoms with Crippen molar-refractivity contribution in [2.75, 3.05) is 0 Å². The Morgan fingerprint density at radius 3 is 1.29 bits per heavy atom. The van der Waals surface area contributed by atoms with Crippen LogP contribution in [0.2, 0.25) is 0 Å². The summed E-state index contributed by atoms with van der Waals surface area (Å²) < 4.78 is 2.47. The summed E-state index contributed by atoms with van der Waals surface area (Å²) in [7, 11) is 0. The Hall–Kier alpha value is -8.33. The molecular formula is C66H48N2. The Kier molecular flexibility index (Phi) is 9.20. The minimum absolute atomic E-state index is 0.0310. The highest BCUT2D eigenvalue weighted by molar-refractivity contribution is 6.12. The van der Waals surface area contributed by atoms with Crippen molar-refractivity contribution in [3.63, 3.8) is 0 Å². The van der Waals surface area contributed by atoms with E-state index in [-0.39, 0.29) is 5.92 Å². The molecule has 0 radical (unpaired) electrons. The molecule has 0 saturated heterocycles. The molecule has 0 unspecified atom stereocenters. The molecule has 2 heterocycles. The van der Waals surface area contributed by atoms with Crippen LogP contribution in [-0.4, -0.2) is 9.55 Å². The van der Waals surface area contributed by atoms with E-state index in [1.807, 2.05) is 0 Å². The summed E-state index contributed by atoms with van der Waals surface area (Å²) in [6, 6.07) is 79.2. The van der Waals surface area contributed by atoms with Crippen LogP contribution in [-0.2, 0) is 0 Å². The van der Waals surface area contributed by atoms with Crippen molar-refractivity contribution in [3.05, 3.63) is 251 Å². The zero-order valence-electron chi connectivity index (χ0n) is 38.7. The van der Waals surface area contributed by atoms with Crippen LogP contribution >= 0.6 is 0 Å². The second kappa shape index (κ2) is 15.6. The van der Waals surface area contributed by atoms with Crippen molar-refractivity contribution in [1.82, 2.24) is 9.55 Å². The van der Waals surface area contributed by atoms with Gasteiger partial charge < -0.3 is 4.57 Å². The number of nitrogens with zero attached hydrogens (tertiary/aromatic N) is 2. The first-order valence-electron chi connectivity index (χ1n) is 23.8. The molecule has 0 saturated carbocycles. The molecule has 2 heteroatoms. The lowest BCUT2D eigenvalue weighted by Crippen LogP contribution is -2.03. The average Bonchev–Trinajstić information content (AvgIpc) is 3.86. The molecule has 322 valence electrons. The van der Waals surface area contributed by atoms with Gasteiger partial charge >= 0.3 is 0 Å². The topological polar surface area (TPSA) is 17.8 Å². The standard InChI is InChI=1S/C66H48N2/c1-40-15-27-53-55(31-40)56-32-41(2)16-28-54(56)65(53)60-36-51(49-25-21-47(22-26-49)45-13-9-6-10-14-45)38-61-57(60)37-52-35-50(48-23-19-46(20-24-48)44-11-7-5-8-12-44)39-64(66(52)67-61)68-62-29-17-42(3)33-58(62)59-34-43(4)18-30-63(59)68/h5-39,65H,1-4H3. The first-order valence-corrected chi connectivity index (χ1v) is 23.8. The maximum atomic E-state index is 5.87. The maximum absolute atomic E-state index is 5.87. The summed E-state index contributed by atoms with van der Waals surface area (Å²) in [6.45, 7) is 8.79. The van der Waals surface area contributed by atoms with E-state index >= 15 is 0 Å². The highest BCUT2D eigenvalue weighted by Crippen LogP contribution is 2.51. The van der Waals surface area contributed by atoms with Gasteiger partial charge in [0, 0.05) is 27.5 Å². The van der Waals surface area contributed by atoms with Crippen LogP contribution in [0.25, 0.3) is 105 Å². The highest BCUT2D eigenvalue weighted by atomic mass is 15.0. The van der Waals surface area contributed by atoms with Crippen molar-refractivity contribution in [3.8, 4) is 61.3 Å². The molecule has 2 aromatic heterocycles. The molecule has 10 aromatic carbocycles. The number of pyridine rings is 1. The number of aryl methyl sites for hydroxylation is 4. The first kappa shape index (κ1) is 40.0. The average molecular weight is 869 g/mol. The van der Waals surface area contributed by atoms with Crippen LogP contribution in [0.3, 0.4) is 0 Å². The minimum atomic E-state index is 0.0310. The third kappa shape index (κ3) is 6.59. The Labute approximate surface area is 397 Å². The summed E-state index contributed by atoms with van der Waals surface area (Å²) in [5.74, 6) is 0.0310. The van der Waals surface area contributed by atoms with Gasteiger partial charge in [-0.15, -0.1) is 0 Å². The van der Waals surface area contributed by atoms with Gasteiger partial charge in [-0.1, -0.05) is 180 Å². The fourth-order valence-electron chi connectivity index (χ4n) is 11.1. The number of aromatic nitrogens is 2. The third-order valence-electron chi connectivity index (χ3n) is 14.5. The first-order chi connectivity index (χ1) is 33.3. The zero-order valence-corrected chi connectivity index (χ0v) is 38.7. The van der Waals surface area contributed by atoms with E-state index in [2.05, 4.69) is 245 Å². The van der Waals surface area contributed by atoms with Crippen molar-refractivity contribution < 1.29 is 0 Å². The molecule has 1 aliphatic rings. The van der Waals surface area contributed by atoms with E-state index in [1.165, 1.54) is 111 Å². The van der Waals surface area contributed by atoms with Gasteiger partial charge in [0.25, 0.3) is 0 Å². The summed E-state index contributed by atoms with van der Waals surface area (Å²) in [5, 5.41) is 4.78. The lowest BCUT2D eigenvalue weighted by atomic mass is 9.84. The van der Waals surface area contributed by atoms with Crippen LogP contribution < -0.4 is 0 Å². The van der Waals surface area contributed by atoms with E-state index < -0.39 is 0 Å². The number of benzene rings is 10. The summed E-state index contributed by atoms with van der Waals surface area (Å²) in [6.07, 6.45) is 0. The van der Waals surface area contributed by atoms with Gasteiger partial charge in [0.05, 0.1) is 27.8 Å². The molecule has 0 atom stereocenters. The van der Waals surface area contributed by atoms with Crippen molar-refractivity contribution >= 4 is 43.6 Å². The smallest absolute Gasteiger partial charge is 0.0950 e. The molecule has 12 aromatic rings. The maximum Gasteiger partial charge on any atom is 0.0950 e. The van der Waals surface area contributed by atoms with Gasteiger partial charge in [-0.25, -0.2) is 4.98 Å². The predicted molar refractivity (Wildman–Crippen MR) is 287 cm³/mol. The van der Waals surface area contributed by atoms with Crippen LogP contribution in [0.5, 0.6) is 0 Å². The minimum Gasteiger partial charge on any atom is -0.307 e. The van der Waals surface area contributed by atoms with Gasteiger partial charge in [-0.3, -0.25) is 0 Å². The molecule has 68 heavy (non-hydrogen) atoms. The molecule has 0 fully saturated rings. The summed E-state index contributed by atoms with van der Waals surface area (Å²) in [4.78, 5) is 5.87. The number of rotatable bonds is 6. The van der Waals surface area contributed by atoms with E-state index in [9.17, 15) is 0 Å². The molecule has 0 amide bonds. The van der Waals surface area contributed by atoms with Gasteiger partial charge in [0.1, 0.15) is 0 Å². The monoisotopic (exact) mass is 868 g/mol. The summed E-state index contributed by atoms with van der Waals surface area (Å²) in [5.41, 5.74) is 26.5. The fourth-order valence-corrected chi connectivity index (χ4v) is 11.1. The van der Waals surface area contributed by atoms with Gasteiger partial charge in [-0.05, 0) is 155 Å². The lowest BCUT2D eigenvalue weighted by molar-refractivity contribution is 1.03. The second-order valence-corrected chi connectivity index (χ2v) is 19.1. The van der Waals surface area contributed by atoms with E-state index in [4.69, 9.17) is 4.98 Å². The SMILES string of the molecule is Cc1ccc2c(c1)-c1cc(C)ccc1C2c1cc(-c2ccc(-c3ccccc3)cc2)cc2nc3c(-n4c5ccc(C)cc5c5cc(C)ccc54)cc(-c4ccc(-c5ccccc5)cc4)cc3cc12. The molecule has 0 bridgehead atoms. The number of hydrogen-bond acceptors (Lipinski definition) is 1. The van der Waals surface area contributed by atoms with Gasteiger partial charge in [-0.2, -0.15) is 0 Å². The Balaban J connectivity index is 1.11. The van der Waals surface area contributed by atoms with Crippen LogP contribution in [0.1, 0.15) is 44.9 Å².